The maximum absolute atomic E-state index is 4.15. The first-order chi connectivity index (χ1) is 7.22. The van der Waals surface area contributed by atoms with Gasteiger partial charge in [-0.05, 0) is 43.9 Å². The normalized spacial score (nSPS) is 13.0. The summed E-state index contributed by atoms with van der Waals surface area (Å²) in [4.78, 5) is 0. The van der Waals surface area contributed by atoms with E-state index in [1.54, 1.807) is 0 Å². The van der Waals surface area contributed by atoms with Gasteiger partial charge in [-0.3, -0.25) is 4.68 Å². The summed E-state index contributed by atoms with van der Waals surface area (Å²) < 4.78 is 1.85. The highest BCUT2D eigenvalue weighted by Crippen LogP contribution is 2.01. The molecule has 4 heteroatoms. The van der Waals surface area contributed by atoms with Crippen molar-refractivity contribution in [2.75, 3.05) is 18.6 Å². The first kappa shape index (κ1) is 12.6. The molecule has 0 aliphatic carbocycles. The van der Waals surface area contributed by atoms with Crippen LogP contribution in [-0.2, 0) is 13.5 Å². The van der Waals surface area contributed by atoms with E-state index in [4.69, 9.17) is 0 Å². The molecule has 0 saturated heterocycles. The zero-order valence-electron chi connectivity index (χ0n) is 9.86. The number of hydrogen-bond donors (Lipinski definition) is 1. The Morgan fingerprint density at radius 2 is 2.40 bits per heavy atom. The zero-order valence-corrected chi connectivity index (χ0v) is 10.7. The van der Waals surface area contributed by atoms with Gasteiger partial charge in [0.2, 0.25) is 0 Å². The minimum atomic E-state index is 0.620. The third-order valence-electron chi connectivity index (χ3n) is 2.42. The minimum absolute atomic E-state index is 0.620. The van der Waals surface area contributed by atoms with Crippen LogP contribution < -0.4 is 5.32 Å². The molecule has 0 fully saturated rings. The third kappa shape index (κ3) is 5.23. The van der Waals surface area contributed by atoms with Gasteiger partial charge in [0, 0.05) is 19.3 Å². The van der Waals surface area contributed by atoms with Gasteiger partial charge >= 0.3 is 0 Å². The van der Waals surface area contributed by atoms with Crippen LogP contribution in [0.15, 0.2) is 12.4 Å². The van der Waals surface area contributed by atoms with E-state index in [0.29, 0.717) is 6.04 Å². The molecule has 3 nitrogen and oxygen atoms in total. The van der Waals surface area contributed by atoms with E-state index in [-0.39, 0.29) is 0 Å². The third-order valence-corrected chi connectivity index (χ3v) is 3.06. The monoisotopic (exact) mass is 227 g/mol. The van der Waals surface area contributed by atoms with Gasteiger partial charge in [0.25, 0.3) is 0 Å². The molecule has 1 N–H and O–H groups in total. The van der Waals surface area contributed by atoms with Crippen molar-refractivity contribution in [1.29, 1.82) is 0 Å². The summed E-state index contributed by atoms with van der Waals surface area (Å²) in [6.45, 7) is 3.29. The molecule has 1 atom stereocenters. The van der Waals surface area contributed by atoms with Crippen molar-refractivity contribution in [3.05, 3.63) is 18.0 Å². The van der Waals surface area contributed by atoms with Gasteiger partial charge < -0.3 is 5.32 Å². The van der Waals surface area contributed by atoms with Gasteiger partial charge in [0.05, 0.1) is 6.20 Å². The molecule has 1 unspecified atom stereocenters. The molecule has 0 bridgehead atoms. The predicted octanol–water partition coefficient (Wildman–Crippen LogP) is 1.69. The number of rotatable bonds is 7. The average Bonchev–Trinajstić information content (AvgIpc) is 2.61. The fraction of sp³-hybridized carbons (Fsp3) is 0.727. The van der Waals surface area contributed by atoms with Crippen LogP contribution in [0.2, 0.25) is 0 Å². The maximum Gasteiger partial charge on any atom is 0.0522 e. The molecule has 0 radical (unpaired) electrons. The van der Waals surface area contributed by atoms with E-state index in [1.165, 1.54) is 17.7 Å². The molecule has 0 aliphatic heterocycles. The second kappa shape index (κ2) is 6.90. The van der Waals surface area contributed by atoms with E-state index in [2.05, 4.69) is 29.8 Å². The zero-order chi connectivity index (χ0) is 11.1. The quantitative estimate of drug-likeness (QED) is 0.769. The number of thioether (sulfide) groups is 1. The van der Waals surface area contributed by atoms with Crippen LogP contribution >= 0.6 is 11.8 Å². The van der Waals surface area contributed by atoms with Crippen LogP contribution in [0, 0.1) is 0 Å². The summed E-state index contributed by atoms with van der Waals surface area (Å²) in [5.74, 6) is 1.24. The Kier molecular flexibility index (Phi) is 5.79. The van der Waals surface area contributed by atoms with Crippen LogP contribution in [0.3, 0.4) is 0 Å². The summed E-state index contributed by atoms with van der Waals surface area (Å²) in [6, 6.07) is 0.620. The lowest BCUT2D eigenvalue weighted by atomic mass is 10.2. The van der Waals surface area contributed by atoms with Crippen LogP contribution in [-0.4, -0.2) is 34.4 Å². The summed E-state index contributed by atoms with van der Waals surface area (Å²) in [6.07, 6.45) is 8.48. The topological polar surface area (TPSA) is 29.9 Å². The maximum atomic E-state index is 4.15. The number of nitrogens with one attached hydrogen (secondary N) is 1. The van der Waals surface area contributed by atoms with Crippen molar-refractivity contribution < 1.29 is 0 Å². The van der Waals surface area contributed by atoms with Crippen molar-refractivity contribution in [1.82, 2.24) is 15.1 Å². The second-order valence-electron chi connectivity index (χ2n) is 3.91. The molecule has 15 heavy (non-hydrogen) atoms. The average molecular weight is 227 g/mol. The SMILES string of the molecule is CSCCC(C)NCCc1cnn(C)c1. The van der Waals surface area contributed by atoms with Gasteiger partial charge in [0.15, 0.2) is 0 Å². The minimum Gasteiger partial charge on any atom is -0.314 e. The molecule has 0 aliphatic rings. The fourth-order valence-corrected chi connectivity index (χ4v) is 2.05. The molecular weight excluding hydrogens is 206 g/mol. The molecule has 0 saturated carbocycles. The van der Waals surface area contributed by atoms with E-state index < -0.39 is 0 Å². The molecule has 0 aromatic carbocycles. The summed E-state index contributed by atoms with van der Waals surface area (Å²) in [7, 11) is 1.96. The van der Waals surface area contributed by atoms with Crippen molar-refractivity contribution in [2.45, 2.75) is 25.8 Å². The highest BCUT2D eigenvalue weighted by molar-refractivity contribution is 7.98. The van der Waals surface area contributed by atoms with Crippen molar-refractivity contribution >= 4 is 11.8 Å². The fourth-order valence-electron chi connectivity index (χ4n) is 1.46. The summed E-state index contributed by atoms with van der Waals surface area (Å²) >= 11 is 1.91. The van der Waals surface area contributed by atoms with E-state index in [1.807, 2.05) is 29.7 Å². The van der Waals surface area contributed by atoms with Gasteiger partial charge in [-0.1, -0.05) is 0 Å². The van der Waals surface area contributed by atoms with Crippen molar-refractivity contribution in [2.24, 2.45) is 7.05 Å². The molecule has 86 valence electrons. The van der Waals surface area contributed by atoms with Gasteiger partial charge in [-0.15, -0.1) is 0 Å². The predicted molar refractivity (Wildman–Crippen MR) is 67.4 cm³/mol. The smallest absolute Gasteiger partial charge is 0.0522 e. The summed E-state index contributed by atoms with van der Waals surface area (Å²) in [5.41, 5.74) is 1.31. The molecule has 0 spiro atoms. The van der Waals surface area contributed by atoms with Crippen LogP contribution in [0.25, 0.3) is 0 Å². The Labute approximate surface area is 96.6 Å². The molecule has 1 aromatic rings. The Morgan fingerprint density at radius 3 is 3.00 bits per heavy atom. The largest absolute Gasteiger partial charge is 0.314 e. The lowest BCUT2D eigenvalue weighted by molar-refractivity contribution is 0.540. The number of hydrogen-bond acceptors (Lipinski definition) is 3. The van der Waals surface area contributed by atoms with Crippen molar-refractivity contribution in [3.8, 4) is 0 Å². The lowest BCUT2D eigenvalue weighted by Gasteiger charge is -2.12. The second-order valence-corrected chi connectivity index (χ2v) is 4.89. The van der Waals surface area contributed by atoms with Crippen LogP contribution in [0.5, 0.6) is 0 Å². The highest BCUT2D eigenvalue weighted by atomic mass is 32.2. The Morgan fingerprint density at radius 1 is 1.60 bits per heavy atom. The molecular formula is C11H21N3S. The van der Waals surface area contributed by atoms with Crippen LogP contribution in [0.1, 0.15) is 18.9 Å². The van der Waals surface area contributed by atoms with E-state index >= 15 is 0 Å². The summed E-state index contributed by atoms with van der Waals surface area (Å²) in [5, 5.41) is 7.67. The number of nitrogens with zero attached hydrogens (tertiary/aromatic N) is 2. The van der Waals surface area contributed by atoms with Gasteiger partial charge in [-0.2, -0.15) is 16.9 Å². The van der Waals surface area contributed by atoms with Gasteiger partial charge in [-0.25, -0.2) is 0 Å². The molecule has 0 amide bonds. The first-order valence-electron chi connectivity index (χ1n) is 5.42. The standard InChI is InChI=1S/C11H21N3S/c1-10(5-7-15-3)12-6-4-11-8-13-14(2)9-11/h8-10,12H,4-7H2,1-3H3. The Balaban J connectivity index is 2.10. The van der Waals surface area contributed by atoms with Crippen molar-refractivity contribution in [3.63, 3.8) is 0 Å². The van der Waals surface area contributed by atoms with Crippen LogP contribution in [0.4, 0.5) is 0 Å². The Hall–Kier alpha value is -0.480. The molecule has 1 aromatic heterocycles. The van der Waals surface area contributed by atoms with E-state index in [0.717, 1.165) is 13.0 Å². The lowest BCUT2D eigenvalue weighted by Crippen LogP contribution is -2.28. The Bertz CT molecular complexity index is 273. The molecule has 1 rings (SSSR count). The highest BCUT2D eigenvalue weighted by Gasteiger charge is 2.01. The molecule has 1 heterocycles. The van der Waals surface area contributed by atoms with E-state index in [9.17, 15) is 0 Å². The number of aromatic nitrogens is 2. The number of aryl methyl sites for hydroxylation is 1. The van der Waals surface area contributed by atoms with Gasteiger partial charge in [0.1, 0.15) is 0 Å². The first-order valence-corrected chi connectivity index (χ1v) is 6.81.